The maximum absolute atomic E-state index is 12.5. The highest BCUT2D eigenvalue weighted by Crippen LogP contribution is 2.60. The molecule has 1 N–H and O–H groups in total. The number of aliphatic hydroxyl groups is 1. The molecular weight excluding hydrogens is 316 g/mol. The first-order valence-electron chi connectivity index (χ1n) is 9.26. The van der Waals surface area contributed by atoms with Crippen molar-refractivity contribution < 1.29 is 19.4 Å². The number of carbonyl (C=O) groups is 2. The third-order valence-corrected chi connectivity index (χ3v) is 6.86. The Kier molecular flexibility index (Phi) is 5.93. The molecule has 2 aliphatic rings. The lowest BCUT2D eigenvalue weighted by atomic mass is 9.46. The Labute approximate surface area is 151 Å². The van der Waals surface area contributed by atoms with Crippen LogP contribution < -0.4 is 0 Å². The molecule has 0 unspecified atom stereocenters. The third-order valence-electron chi connectivity index (χ3n) is 6.86. The Bertz CT molecular complexity index is 591. The SMILES string of the molecule is C=C1CC[C@@H]2[C@](C)(CCC(=O)[C@@]2(C)CO)[C@H]1CC/C(C)=C/C(=O)OC. The molecule has 2 aliphatic carbocycles. The van der Waals surface area contributed by atoms with Gasteiger partial charge in [0.1, 0.15) is 5.78 Å². The molecule has 25 heavy (non-hydrogen) atoms. The molecule has 0 aromatic carbocycles. The second-order valence-electron chi connectivity index (χ2n) is 8.36. The maximum Gasteiger partial charge on any atom is 0.330 e. The third kappa shape index (κ3) is 3.59. The minimum absolute atomic E-state index is 0.0216. The van der Waals surface area contributed by atoms with E-state index in [1.807, 2.05) is 13.8 Å². The molecule has 140 valence electrons. The lowest BCUT2D eigenvalue weighted by Crippen LogP contribution is -2.55. The first-order chi connectivity index (χ1) is 11.7. The van der Waals surface area contributed by atoms with Crippen molar-refractivity contribution in [3.05, 3.63) is 23.8 Å². The van der Waals surface area contributed by atoms with E-state index in [1.54, 1.807) is 6.08 Å². The van der Waals surface area contributed by atoms with Crippen LogP contribution in [0.15, 0.2) is 23.8 Å². The number of allylic oxidation sites excluding steroid dienone is 2. The Morgan fingerprint density at radius 3 is 2.68 bits per heavy atom. The van der Waals surface area contributed by atoms with Crippen molar-refractivity contribution in [1.29, 1.82) is 0 Å². The second-order valence-corrected chi connectivity index (χ2v) is 8.36. The number of hydrogen-bond acceptors (Lipinski definition) is 4. The summed E-state index contributed by atoms with van der Waals surface area (Å²) in [6.45, 7) is 10.4. The maximum atomic E-state index is 12.5. The summed E-state index contributed by atoms with van der Waals surface area (Å²) in [6.07, 6.45) is 6.50. The molecule has 0 saturated heterocycles. The van der Waals surface area contributed by atoms with Crippen LogP contribution in [0.2, 0.25) is 0 Å². The normalized spacial score (nSPS) is 36.1. The molecule has 0 aliphatic heterocycles. The van der Waals surface area contributed by atoms with Gasteiger partial charge < -0.3 is 9.84 Å². The minimum atomic E-state index is -0.636. The molecule has 4 atom stereocenters. The van der Waals surface area contributed by atoms with E-state index >= 15 is 0 Å². The summed E-state index contributed by atoms with van der Waals surface area (Å²) in [4.78, 5) is 23.9. The molecule has 2 fully saturated rings. The predicted octanol–water partition coefficient (Wildman–Crippen LogP) is 3.84. The molecule has 0 heterocycles. The van der Waals surface area contributed by atoms with Gasteiger partial charge in [-0.2, -0.15) is 0 Å². The van der Waals surface area contributed by atoms with Crippen LogP contribution in [0.25, 0.3) is 0 Å². The molecule has 0 amide bonds. The predicted molar refractivity (Wildman–Crippen MR) is 97.9 cm³/mol. The Hall–Kier alpha value is -1.42. The fourth-order valence-corrected chi connectivity index (χ4v) is 5.24. The molecule has 0 bridgehead atoms. The van der Waals surface area contributed by atoms with Crippen molar-refractivity contribution >= 4 is 11.8 Å². The molecule has 0 aromatic heterocycles. The Balaban J connectivity index is 2.22. The molecule has 4 nitrogen and oxygen atoms in total. The van der Waals surface area contributed by atoms with Gasteiger partial charge in [0.05, 0.1) is 19.1 Å². The van der Waals surface area contributed by atoms with Crippen LogP contribution in [-0.2, 0) is 14.3 Å². The van der Waals surface area contributed by atoms with Crippen molar-refractivity contribution in [2.75, 3.05) is 13.7 Å². The number of ketones is 1. The van der Waals surface area contributed by atoms with Crippen molar-refractivity contribution in [3.63, 3.8) is 0 Å². The van der Waals surface area contributed by atoms with Crippen LogP contribution in [0.5, 0.6) is 0 Å². The van der Waals surface area contributed by atoms with Crippen molar-refractivity contribution in [2.24, 2.45) is 22.7 Å². The van der Waals surface area contributed by atoms with Crippen LogP contribution in [0.1, 0.15) is 59.3 Å². The highest BCUT2D eigenvalue weighted by Gasteiger charge is 2.57. The minimum Gasteiger partial charge on any atom is -0.466 e. The van der Waals surface area contributed by atoms with E-state index in [0.29, 0.717) is 12.3 Å². The number of ether oxygens (including phenoxy) is 1. The van der Waals surface area contributed by atoms with Crippen molar-refractivity contribution in [2.45, 2.75) is 59.3 Å². The van der Waals surface area contributed by atoms with E-state index in [9.17, 15) is 14.7 Å². The molecular formula is C21H32O4. The van der Waals surface area contributed by atoms with Crippen LogP contribution >= 0.6 is 0 Å². The van der Waals surface area contributed by atoms with Crippen molar-refractivity contribution in [3.8, 4) is 0 Å². The first kappa shape index (κ1) is 19.9. The summed E-state index contributed by atoms with van der Waals surface area (Å²) in [6, 6.07) is 0. The highest BCUT2D eigenvalue weighted by atomic mass is 16.5. The molecule has 4 heteroatoms. The Morgan fingerprint density at radius 2 is 2.08 bits per heavy atom. The van der Waals surface area contributed by atoms with Crippen molar-refractivity contribution in [1.82, 2.24) is 0 Å². The molecule has 2 saturated carbocycles. The summed E-state index contributed by atoms with van der Waals surface area (Å²) in [7, 11) is 1.38. The number of carbonyl (C=O) groups excluding carboxylic acids is 2. The standard InChI is InChI=1S/C21H32O4/c1-14(12-19(24)25-5)6-8-16-15(2)7-9-17-20(16,3)11-10-18(23)21(17,4)13-22/h12,16-17,22H,2,6-11,13H2,1,3-5H3/b14-12+/t16-,17+,20+,21-/m0/s1. The number of hydrogen-bond donors (Lipinski definition) is 1. The van der Waals surface area contributed by atoms with Gasteiger partial charge in [0.2, 0.25) is 0 Å². The molecule has 0 aromatic rings. The summed E-state index contributed by atoms with van der Waals surface area (Å²) in [5.74, 6) is 0.378. The fourth-order valence-electron chi connectivity index (χ4n) is 5.24. The molecule has 0 spiro atoms. The summed E-state index contributed by atoms with van der Waals surface area (Å²) < 4.78 is 4.70. The van der Waals surface area contributed by atoms with Gasteiger partial charge in [-0.25, -0.2) is 4.79 Å². The Morgan fingerprint density at radius 1 is 1.40 bits per heavy atom. The van der Waals surface area contributed by atoms with Gasteiger partial charge in [-0.05, 0) is 56.3 Å². The van der Waals surface area contributed by atoms with Crippen LogP contribution in [-0.4, -0.2) is 30.6 Å². The zero-order valence-electron chi connectivity index (χ0n) is 16.1. The highest BCUT2D eigenvalue weighted by molar-refractivity contribution is 5.86. The van der Waals surface area contributed by atoms with Gasteiger partial charge >= 0.3 is 5.97 Å². The van der Waals surface area contributed by atoms with Gasteiger partial charge in [0.15, 0.2) is 0 Å². The average Bonchev–Trinajstić information content (AvgIpc) is 2.57. The van der Waals surface area contributed by atoms with Crippen LogP contribution in [0, 0.1) is 22.7 Å². The zero-order valence-corrected chi connectivity index (χ0v) is 16.1. The fraction of sp³-hybridized carbons (Fsp3) is 0.714. The number of aliphatic hydroxyl groups excluding tert-OH is 1. The monoisotopic (exact) mass is 348 g/mol. The number of methoxy groups -OCH3 is 1. The first-order valence-corrected chi connectivity index (χ1v) is 9.26. The van der Waals surface area contributed by atoms with Gasteiger partial charge in [0, 0.05) is 12.5 Å². The largest absolute Gasteiger partial charge is 0.466 e. The van der Waals surface area contributed by atoms with E-state index in [1.165, 1.54) is 12.7 Å². The topological polar surface area (TPSA) is 63.6 Å². The van der Waals surface area contributed by atoms with E-state index in [0.717, 1.165) is 37.7 Å². The number of esters is 1. The van der Waals surface area contributed by atoms with E-state index in [4.69, 9.17) is 4.74 Å². The van der Waals surface area contributed by atoms with Gasteiger partial charge in [-0.1, -0.05) is 31.6 Å². The summed E-state index contributed by atoms with van der Waals surface area (Å²) in [5, 5.41) is 9.97. The lowest BCUT2D eigenvalue weighted by molar-refractivity contribution is -0.152. The molecule has 2 rings (SSSR count). The van der Waals surface area contributed by atoms with Gasteiger partial charge in [-0.3, -0.25) is 4.79 Å². The van der Waals surface area contributed by atoms with Crippen LogP contribution in [0.4, 0.5) is 0 Å². The number of rotatable bonds is 5. The molecule has 0 radical (unpaired) electrons. The second kappa shape index (κ2) is 7.45. The van der Waals surface area contributed by atoms with E-state index < -0.39 is 5.41 Å². The van der Waals surface area contributed by atoms with Gasteiger partial charge in [-0.15, -0.1) is 0 Å². The number of Topliss-reactive ketones (excluding diaryl/α,β-unsaturated/α-hetero) is 1. The average molecular weight is 348 g/mol. The number of fused-ring (bicyclic) bond motifs is 1. The summed E-state index contributed by atoms with van der Waals surface area (Å²) >= 11 is 0. The van der Waals surface area contributed by atoms with E-state index in [2.05, 4.69) is 13.5 Å². The van der Waals surface area contributed by atoms with Crippen LogP contribution in [0.3, 0.4) is 0 Å². The zero-order chi connectivity index (χ0) is 18.8. The smallest absolute Gasteiger partial charge is 0.330 e. The van der Waals surface area contributed by atoms with E-state index in [-0.39, 0.29) is 29.7 Å². The summed E-state index contributed by atoms with van der Waals surface area (Å²) in [5.41, 5.74) is 1.59. The van der Waals surface area contributed by atoms with Gasteiger partial charge in [0.25, 0.3) is 0 Å². The lowest BCUT2D eigenvalue weighted by Gasteiger charge is -2.57. The quantitative estimate of drug-likeness (QED) is 0.466.